The fourth-order valence-corrected chi connectivity index (χ4v) is 4.79. The molecule has 0 aromatic carbocycles. The Labute approximate surface area is 87.0 Å². The van der Waals surface area contributed by atoms with Gasteiger partial charge in [-0.15, -0.1) is 23.1 Å². The largest absolute Gasteiger partial charge is 0.148 e. The summed E-state index contributed by atoms with van der Waals surface area (Å²) in [6, 6.07) is 4.46. The lowest BCUT2D eigenvalue weighted by Crippen LogP contribution is -2.23. The van der Waals surface area contributed by atoms with Crippen LogP contribution in [0.1, 0.15) is 23.0 Å². The van der Waals surface area contributed by atoms with E-state index >= 15 is 0 Å². The van der Waals surface area contributed by atoms with E-state index in [0.717, 1.165) is 16.4 Å². The number of fused-ring (bicyclic) bond motifs is 2. The highest BCUT2D eigenvalue weighted by molar-refractivity contribution is 8.00. The van der Waals surface area contributed by atoms with Crippen molar-refractivity contribution in [3.05, 3.63) is 34.5 Å². The highest BCUT2D eigenvalue weighted by Crippen LogP contribution is 2.51. The number of allylic oxidation sites excluding steroid dienone is 1. The predicted octanol–water partition coefficient (Wildman–Crippen LogP) is 3.87. The number of thiophene rings is 1. The van der Waals surface area contributed by atoms with Crippen LogP contribution in [-0.2, 0) is 0 Å². The second-order valence-electron chi connectivity index (χ2n) is 3.74. The first-order valence-electron chi connectivity index (χ1n) is 4.81. The molecule has 0 saturated carbocycles. The number of hydrogen-bond donors (Lipinski definition) is 0. The molecule has 1 fully saturated rings. The van der Waals surface area contributed by atoms with Crippen molar-refractivity contribution in [2.75, 3.05) is 0 Å². The minimum absolute atomic E-state index is 0.767. The lowest BCUT2D eigenvalue weighted by molar-refractivity contribution is 0.513. The van der Waals surface area contributed by atoms with Crippen LogP contribution in [0.2, 0.25) is 0 Å². The topological polar surface area (TPSA) is 0 Å². The molecule has 3 atom stereocenters. The summed E-state index contributed by atoms with van der Waals surface area (Å²) in [6.07, 6.45) is 7.64. The van der Waals surface area contributed by atoms with Gasteiger partial charge < -0.3 is 0 Å². The third-order valence-electron chi connectivity index (χ3n) is 2.89. The van der Waals surface area contributed by atoms with Gasteiger partial charge in [0.2, 0.25) is 0 Å². The Morgan fingerprint density at radius 2 is 2.23 bits per heavy atom. The summed E-state index contributed by atoms with van der Waals surface area (Å²) in [6.45, 7) is 0. The van der Waals surface area contributed by atoms with Gasteiger partial charge in [0.25, 0.3) is 0 Å². The summed E-state index contributed by atoms with van der Waals surface area (Å²) >= 11 is 4.08. The second-order valence-corrected chi connectivity index (χ2v) is 6.10. The van der Waals surface area contributed by atoms with Gasteiger partial charge in [0.1, 0.15) is 0 Å². The summed E-state index contributed by atoms with van der Waals surface area (Å²) < 4.78 is 0. The maximum Gasteiger partial charge on any atom is 0.0459 e. The average Bonchev–Trinajstić information content (AvgIpc) is 2.72. The van der Waals surface area contributed by atoms with Gasteiger partial charge in [-0.1, -0.05) is 18.2 Å². The molecule has 1 saturated heterocycles. The summed E-state index contributed by atoms with van der Waals surface area (Å²) in [4.78, 5) is 1.57. The smallest absolute Gasteiger partial charge is 0.0459 e. The van der Waals surface area contributed by atoms with Crippen LogP contribution in [0, 0.1) is 5.92 Å². The minimum Gasteiger partial charge on any atom is -0.148 e. The van der Waals surface area contributed by atoms with E-state index in [1.165, 1.54) is 12.8 Å². The van der Waals surface area contributed by atoms with E-state index in [4.69, 9.17) is 0 Å². The maximum absolute atomic E-state index is 2.44. The van der Waals surface area contributed by atoms with Gasteiger partial charge in [-0.25, -0.2) is 0 Å². The molecule has 2 heteroatoms. The van der Waals surface area contributed by atoms with Gasteiger partial charge in [-0.05, 0) is 30.2 Å². The van der Waals surface area contributed by atoms with E-state index in [2.05, 4.69) is 41.4 Å². The summed E-state index contributed by atoms with van der Waals surface area (Å²) in [5.74, 6) is 0.814. The lowest BCUT2D eigenvalue weighted by Gasteiger charge is -2.37. The number of thioether (sulfide) groups is 1. The van der Waals surface area contributed by atoms with Crippen molar-refractivity contribution in [2.45, 2.75) is 23.3 Å². The molecule has 68 valence electrons. The Kier molecular flexibility index (Phi) is 1.99. The Hall–Kier alpha value is -0.210. The summed E-state index contributed by atoms with van der Waals surface area (Å²) in [5, 5.41) is 3.77. The van der Waals surface area contributed by atoms with Gasteiger partial charge >= 0.3 is 0 Å². The van der Waals surface area contributed by atoms with E-state index in [1.807, 2.05) is 11.3 Å². The number of hydrogen-bond acceptors (Lipinski definition) is 2. The fraction of sp³-hybridized carbons (Fsp3) is 0.455. The molecule has 0 spiro atoms. The van der Waals surface area contributed by atoms with Crippen LogP contribution in [0.25, 0.3) is 0 Å². The van der Waals surface area contributed by atoms with Crippen molar-refractivity contribution < 1.29 is 0 Å². The lowest BCUT2D eigenvalue weighted by atomic mass is 9.91. The third kappa shape index (κ3) is 1.36. The first kappa shape index (κ1) is 8.13. The van der Waals surface area contributed by atoms with Crippen LogP contribution in [-0.4, -0.2) is 5.25 Å². The molecule has 0 radical (unpaired) electrons. The standard InChI is InChI=1S/C11H12S2/c1-2-10(12-7-1)11-8-3-5-9(13-11)6-4-8/h1-3,5,7-9,11H,4,6H2/t8-,9-,11+/m0/s1. The molecule has 1 aromatic heterocycles. The molecule has 2 bridgehead atoms. The minimum atomic E-state index is 0.767. The Bertz CT molecular complexity index is 313. The quantitative estimate of drug-likeness (QED) is 0.631. The van der Waals surface area contributed by atoms with E-state index in [9.17, 15) is 0 Å². The third-order valence-corrected chi connectivity index (χ3v) is 5.64. The molecule has 0 N–H and O–H groups in total. The van der Waals surface area contributed by atoms with Gasteiger partial charge in [0.15, 0.2) is 0 Å². The van der Waals surface area contributed by atoms with Gasteiger partial charge in [0.05, 0.1) is 0 Å². The molecule has 2 aliphatic heterocycles. The van der Waals surface area contributed by atoms with Crippen LogP contribution in [0.4, 0.5) is 0 Å². The zero-order chi connectivity index (χ0) is 8.67. The van der Waals surface area contributed by atoms with Crippen molar-refractivity contribution in [1.29, 1.82) is 0 Å². The number of rotatable bonds is 1. The van der Waals surface area contributed by atoms with Crippen LogP contribution in [0.3, 0.4) is 0 Å². The van der Waals surface area contributed by atoms with E-state index in [-0.39, 0.29) is 0 Å². The normalized spacial score (nSPS) is 36.8. The molecule has 0 nitrogen and oxygen atoms in total. The molecular formula is C11H12S2. The van der Waals surface area contributed by atoms with Crippen LogP contribution in [0.15, 0.2) is 29.7 Å². The summed E-state index contributed by atoms with van der Waals surface area (Å²) in [7, 11) is 0. The molecule has 0 unspecified atom stereocenters. The Balaban J connectivity index is 1.91. The maximum atomic E-state index is 2.44. The molecule has 13 heavy (non-hydrogen) atoms. The molecule has 3 heterocycles. The fourth-order valence-electron chi connectivity index (χ4n) is 2.20. The zero-order valence-electron chi connectivity index (χ0n) is 7.35. The highest BCUT2D eigenvalue weighted by atomic mass is 32.2. The van der Waals surface area contributed by atoms with Crippen molar-refractivity contribution in [1.82, 2.24) is 0 Å². The van der Waals surface area contributed by atoms with Crippen LogP contribution in [0.5, 0.6) is 0 Å². The SMILES string of the molecule is C1=C[C@H]2CC[C@H]1S[C@H]2c1cccs1. The highest BCUT2D eigenvalue weighted by Gasteiger charge is 2.33. The Morgan fingerprint density at radius 1 is 1.23 bits per heavy atom. The van der Waals surface area contributed by atoms with Crippen molar-refractivity contribution in [2.24, 2.45) is 5.92 Å². The van der Waals surface area contributed by atoms with Crippen LogP contribution >= 0.6 is 23.1 Å². The first-order chi connectivity index (χ1) is 6.43. The van der Waals surface area contributed by atoms with Crippen molar-refractivity contribution in [3.63, 3.8) is 0 Å². The predicted molar refractivity (Wildman–Crippen MR) is 60.3 cm³/mol. The molecule has 4 rings (SSSR count). The van der Waals surface area contributed by atoms with E-state index < -0.39 is 0 Å². The van der Waals surface area contributed by atoms with Crippen molar-refractivity contribution >= 4 is 23.1 Å². The summed E-state index contributed by atoms with van der Waals surface area (Å²) in [5.41, 5.74) is 0. The first-order valence-corrected chi connectivity index (χ1v) is 6.63. The van der Waals surface area contributed by atoms with Gasteiger partial charge in [-0.3, -0.25) is 0 Å². The monoisotopic (exact) mass is 208 g/mol. The van der Waals surface area contributed by atoms with Crippen molar-refractivity contribution in [3.8, 4) is 0 Å². The van der Waals surface area contributed by atoms with Crippen LogP contribution < -0.4 is 0 Å². The molecule has 1 aliphatic carbocycles. The average molecular weight is 208 g/mol. The molecule has 3 aliphatic rings. The van der Waals surface area contributed by atoms with E-state index in [1.54, 1.807) is 4.88 Å². The molecular weight excluding hydrogens is 196 g/mol. The van der Waals surface area contributed by atoms with Gasteiger partial charge in [-0.2, -0.15) is 0 Å². The second kappa shape index (κ2) is 3.18. The van der Waals surface area contributed by atoms with E-state index in [0.29, 0.717) is 0 Å². The molecule has 0 amide bonds. The molecule has 1 aromatic rings. The Morgan fingerprint density at radius 3 is 2.77 bits per heavy atom. The van der Waals surface area contributed by atoms with Gasteiger partial charge in [0, 0.05) is 15.4 Å². The zero-order valence-corrected chi connectivity index (χ0v) is 8.98.